The van der Waals surface area contributed by atoms with E-state index in [-0.39, 0.29) is 23.5 Å². The summed E-state index contributed by atoms with van der Waals surface area (Å²) in [6, 6.07) is 20.4. The van der Waals surface area contributed by atoms with Crippen molar-refractivity contribution >= 4 is 11.8 Å². The smallest absolute Gasteiger partial charge is 0.00948 e. The summed E-state index contributed by atoms with van der Waals surface area (Å²) < 4.78 is 0. The van der Waals surface area contributed by atoms with Gasteiger partial charge in [-0.2, -0.15) is 0 Å². The van der Waals surface area contributed by atoms with Crippen LogP contribution >= 0.6 is 11.8 Å². The van der Waals surface area contributed by atoms with Gasteiger partial charge in [-0.05, 0) is 67.7 Å². The zero-order valence-corrected chi connectivity index (χ0v) is 17.1. The molecule has 1 aliphatic carbocycles. The van der Waals surface area contributed by atoms with E-state index < -0.39 is 0 Å². The second kappa shape index (κ2) is 16.4. The number of halogens is 5. The van der Waals surface area contributed by atoms with Gasteiger partial charge >= 0.3 is 0 Å². The molecule has 162 valence electrons. The maximum absolute atomic E-state index is 2.39. The molecule has 0 aromatic heterocycles. The quantitative estimate of drug-likeness (QED) is 0.430. The largest absolute Gasteiger partial charge is 0.269 e. The maximum atomic E-state index is 2.39. The van der Waals surface area contributed by atoms with Crippen LogP contribution < -0.4 is 0 Å². The lowest BCUT2D eigenvalue weighted by molar-refractivity contribution is 0.453. The normalized spacial score (nSPS) is 17.5. The second-order valence-corrected chi connectivity index (χ2v) is 8.12. The third-order valence-corrected chi connectivity index (χ3v) is 6.34. The van der Waals surface area contributed by atoms with Crippen molar-refractivity contribution in [3.63, 3.8) is 0 Å². The van der Waals surface area contributed by atoms with E-state index in [9.17, 15) is 0 Å². The van der Waals surface area contributed by atoms with Crippen LogP contribution in [-0.2, 0) is 6.42 Å². The SMILES string of the molecule is CCCCc1ccc(C2CCC(Sc3ccccc3)CC2)cc1.F.F.F.F.F. The van der Waals surface area contributed by atoms with Crippen molar-refractivity contribution in [2.24, 2.45) is 0 Å². The number of rotatable bonds is 6. The third-order valence-electron chi connectivity index (χ3n) is 4.99. The average Bonchev–Trinajstić information content (AvgIpc) is 2.62. The number of thioether (sulfide) groups is 1. The summed E-state index contributed by atoms with van der Waals surface area (Å²) in [6.07, 6.45) is 9.21. The summed E-state index contributed by atoms with van der Waals surface area (Å²) in [7, 11) is 0. The molecule has 0 radical (unpaired) electrons. The molecule has 0 spiro atoms. The van der Waals surface area contributed by atoms with E-state index >= 15 is 0 Å². The van der Waals surface area contributed by atoms with Crippen molar-refractivity contribution in [3.05, 3.63) is 65.7 Å². The van der Waals surface area contributed by atoms with Gasteiger partial charge in [0.1, 0.15) is 0 Å². The topological polar surface area (TPSA) is 0 Å². The van der Waals surface area contributed by atoms with Crippen LogP contribution in [0.4, 0.5) is 23.5 Å². The van der Waals surface area contributed by atoms with E-state index in [0.717, 1.165) is 11.2 Å². The molecule has 0 atom stereocenters. The van der Waals surface area contributed by atoms with Crippen LogP contribution in [0.15, 0.2) is 59.5 Å². The van der Waals surface area contributed by atoms with Gasteiger partial charge in [-0.25, -0.2) is 0 Å². The first-order chi connectivity index (χ1) is 11.3. The summed E-state index contributed by atoms with van der Waals surface area (Å²) >= 11 is 2.07. The second-order valence-electron chi connectivity index (χ2n) is 6.75. The van der Waals surface area contributed by atoms with E-state index in [4.69, 9.17) is 0 Å². The van der Waals surface area contributed by atoms with Crippen LogP contribution in [0.25, 0.3) is 0 Å². The van der Waals surface area contributed by atoms with Crippen LogP contribution in [0, 0.1) is 0 Å². The van der Waals surface area contributed by atoms with Gasteiger partial charge in [-0.15, -0.1) is 11.8 Å². The van der Waals surface area contributed by atoms with Crippen molar-refractivity contribution < 1.29 is 23.5 Å². The summed E-state index contributed by atoms with van der Waals surface area (Å²) in [5.41, 5.74) is 3.07. The van der Waals surface area contributed by atoms with Gasteiger partial charge in [0.15, 0.2) is 0 Å². The summed E-state index contributed by atoms with van der Waals surface area (Å²) in [5.74, 6) is 0.780. The van der Waals surface area contributed by atoms with Crippen molar-refractivity contribution in [1.29, 1.82) is 0 Å². The highest BCUT2D eigenvalue weighted by Gasteiger charge is 2.22. The Hall–Kier alpha value is -1.56. The first-order valence-corrected chi connectivity index (χ1v) is 10.0. The van der Waals surface area contributed by atoms with Gasteiger partial charge in [0, 0.05) is 10.1 Å². The summed E-state index contributed by atoms with van der Waals surface area (Å²) in [4.78, 5) is 1.43. The Morgan fingerprint density at radius 3 is 1.86 bits per heavy atom. The first kappa shape index (κ1) is 31.1. The van der Waals surface area contributed by atoms with Crippen molar-refractivity contribution in [3.8, 4) is 0 Å². The molecule has 28 heavy (non-hydrogen) atoms. The molecule has 1 fully saturated rings. The highest BCUT2D eigenvalue weighted by Crippen LogP contribution is 2.39. The molecule has 1 aliphatic rings. The minimum Gasteiger partial charge on any atom is -0.269 e. The predicted molar refractivity (Wildman–Crippen MR) is 115 cm³/mol. The molecule has 0 saturated heterocycles. The molecule has 0 aliphatic heterocycles. The molecule has 2 aromatic carbocycles. The zero-order valence-electron chi connectivity index (χ0n) is 16.3. The molecule has 0 N–H and O–H groups in total. The Morgan fingerprint density at radius 2 is 1.32 bits per heavy atom. The van der Waals surface area contributed by atoms with E-state index in [1.54, 1.807) is 5.56 Å². The fourth-order valence-corrected chi connectivity index (χ4v) is 4.75. The predicted octanol–water partition coefficient (Wildman–Crippen LogP) is 7.61. The minimum atomic E-state index is 0. The van der Waals surface area contributed by atoms with Crippen LogP contribution in [-0.4, -0.2) is 5.25 Å². The summed E-state index contributed by atoms with van der Waals surface area (Å²) in [6.45, 7) is 2.26. The average molecular weight is 425 g/mol. The summed E-state index contributed by atoms with van der Waals surface area (Å²) in [5, 5.41) is 0.803. The van der Waals surface area contributed by atoms with Crippen LogP contribution in [0.5, 0.6) is 0 Å². The van der Waals surface area contributed by atoms with E-state index in [1.807, 2.05) is 0 Å². The molecule has 0 nitrogen and oxygen atoms in total. The molecule has 3 rings (SSSR count). The molecule has 0 amide bonds. The molecular formula is C22H33F5S. The Bertz CT molecular complexity index is 584. The lowest BCUT2D eigenvalue weighted by Crippen LogP contribution is -2.15. The van der Waals surface area contributed by atoms with Gasteiger partial charge in [-0.1, -0.05) is 55.8 Å². The molecule has 6 heteroatoms. The van der Waals surface area contributed by atoms with Crippen molar-refractivity contribution in [2.75, 3.05) is 0 Å². The molecule has 0 heterocycles. The molecule has 0 bridgehead atoms. The van der Waals surface area contributed by atoms with E-state index in [2.05, 4.69) is 73.3 Å². The monoisotopic (exact) mass is 424 g/mol. The molecule has 1 saturated carbocycles. The van der Waals surface area contributed by atoms with Crippen molar-refractivity contribution in [2.45, 2.75) is 67.9 Å². The van der Waals surface area contributed by atoms with Gasteiger partial charge in [0.05, 0.1) is 0 Å². The van der Waals surface area contributed by atoms with Crippen LogP contribution in [0.3, 0.4) is 0 Å². The first-order valence-electron chi connectivity index (χ1n) is 9.15. The van der Waals surface area contributed by atoms with E-state index in [0.29, 0.717) is 0 Å². The van der Waals surface area contributed by atoms with Gasteiger partial charge in [0.2, 0.25) is 0 Å². The fourth-order valence-electron chi connectivity index (χ4n) is 3.54. The van der Waals surface area contributed by atoms with Crippen LogP contribution in [0.1, 0.15) is 62.5 Å². The zero-order chi connectivity index (χ0) is 15.9. The van der Waals surface area contributed by atoms with Crippen molar-refractivity contribution in [1.82, 2.24) is 0 Å². The van der Waals surface area contributed by atoms with Gasteiger partial charge in [-0.3, -0.25) is 23.5 Å². The number of hydrogen-bond donors (Lipinski definition) is 0. The Morgan fingerprint density at radius 1 is 0.750 bits per heavy atom. The number of unbranched alkanes of at least 4 members (excludes halogenated alkanes) is 1. The number of hydrogen-bond acceptors (Lipinski definition) is 1. The molecular weight excluding hydrogens is 391 g/mol. The molecule has 0 unspecified atom stereocenters. The van der Waals surface area contributed by atoms with Crippen LogP contribution in [0.2, 0.25) is 0 Å². The Labute approximate surface area is 169 Å². The number of benzene rings is 2. The lowest BCUT2D eigenvalue weighted by atomic mass is 9.83. The minimum absolute atomic E-state index is 0. The lowest BCUT2D eigenvalue weighted by Gasteiger charge is -2.28. The Balaban J connectivity index is -0.00000125. The van der Waals surface area contributed by atoms with E-state index in [1.165, 1.54) is 55.4 Å². The number of aryl methyl sites for hydroxylation is 1. The molecule has 2 aromatic rings. The highest BCUT2D eigenvalue weighted by atomic mass is 32.2. The standard InChI is InChI=1S/C22H28S.5FH/c1-2-3-7-18-10-12-19(13-11-18)20-14-16-22(17-15-20)23-21-8-5-4-6-9-21;;;;;/h4-6,8-13,20,22H,2-3,7,14-17H2,1H3;5*1H. The Kier molecular flexibility index (Phi) is 18.2. The van der Waals surface area contributed by atoms with Gasteiger partial charge in [0.25, 0.3) is 0 Å². The fraction of sp³-hybridized carbons (Fsp3) is 0.455. The third kappa shape index (κ3) is 9.09. The highest BCUT2D eigenvalue weighted by molar-refractivity contribution is 8.00. The van der Waals surface area contributed by atoms with Gasteiger partial charge < -0.3 is 0 Å². The maximum Gasteiger partial charge on any atom is 0.00948 e.